The van der Waals surface area contributed by atoms with E-state index in [1.807, 2.05) is 0 Å². The molecule has 0 aliphatic rings. The Balaban J connectivity index is 1.45. The third-order valence-electron chi connectivity index (χ3n) is 8.39. The lowest BCUT2D eigenvalue weighted by Gasteiger charge is -2.16. The van der Waals surface area contributed by atoms with Crippen molar-refractivity contribution < 1.29 is 4.42 Å². The van der Waals surface area contributed by atoms with Crippen LogP contribution in [0.1, 0.15) is 5.56 Å². The standard InChI is InChI=1S/C41H28O/c1-27-13-12-22-39-40(27)38-26-37(35-20-10-11-21-36(35)41(38)42-39)32-24-30(28-14-4-2-5-15-28)23-31(25-32)34-19-9-8-18-33(34)29-16-6-3-7-17-29/h2-26H,1H3. The smallest absolute Gasteiger partial charge is 0.143 e. The molecule has 0 aliphatic heterocycles. The molecule has 1 aromatic heterocycles. The number of benzene rings is 7. The summed E-state index contributed by atoms with van der Waals surface area (Å²) in [6, 6.07) is 54.4. The van der Waals surface area contributed by atoms with Crippen LogP contribution in [0.3, 0.4) is 0 Å². The molecule has 8 aromatic rings. The molecule has 0 fully saturated rings. The molecule has 7 aromatic carbocycles. The molecule has 0 amide bonds. The van der Waals surface area contributed by atoms with Crippen LogP contribution in [0.2, 0.25) is 0 Å². The van der Waals surface area contributed by atoms with Crippen LogP contribution in [0.4, 0.5) is 0 Å². The molecular weight excluding hydrogens is 508 g/mol. The monoisotopic (exact) mass is 536 g/mol. The van der Waals surface area contributed by atoms with E-state index in [0.29, 0.717) is 0 Å². The summed E-state index contributed by atoms with van der Waals surface area (Å²) in [4.78, 5) is 0. The molecule has 0 N–H and O–H groups in total. The average molecular weight is 537 g/mol. The van der Waals surface area contributed by atoms with Gasteiger partial charge in [-0.1, -0.05) is 121 Å². The van der Waals surface area contributed by atoms with Gasteiger partial charge in [0.15, 0.2) is 0 Å². The second kappa shape index (κ2) is 9.90. The molecule has 0 bridgehead atoms. The van der Waals surface area contributed by atoms with Crippen molar-refractivity contribution in [1.29, 1.82) is 0 Å². The minimum atomic E-state index is 0.933. The molecule has 1 heterocycles. The zero-order valence-corrected chi connectivity index (χ0v) is 23.3. The molecule has 198 valence electrons. The van der Waals surface area contributed by atoms with Crippen molar-refractivity contribution in [2.75, 3.05) is 0 Å². The highest BCUT2D eigenvalue weighted by atomic mass is 16.3. The van der Waals surface area contributed by atoms with Crippen LogP contribution in [0.15, 0.2) is 156 Å². The molecule has 1 nitrogen and oxygen atoms in total. The first-order valence-corrected chi connectivity index (χ1v) is 14.4. The summed E-state index contributed by atoms with van der Waals surface area (Å²) in [5, 5.41) is 4.67. The largest absolute Gasteiger partial charge is 0.455 e. The number of hydrogen-bond donors (Lipinski definition) is 0. The lowest BCUT2D eigenvalue weighted by atomic mass is 9.88. The Labute approximate surface area is 245 Å². The summed E-state index contributed by atoms with van der Waals surface area (Å²) in [6.45, 7) is 2.17. The Hall–Kier alpha value is -5.40. The van der Waals surface area contributed by atoms with Crippen molar-refractivity contribution >= 4 is 32.7 Å². The third kappa shape index (κ3) is 4.02. The van der Waals surface area contributed by atoms with Crippen LogP contribution in [-0.4, -0.2) is 0 Å². The Morgan fingerprint density at radius 3 is 1.69 bits per heavy atom. The van der Waals surface area contributed by atoms with E-state index in [4.69, 9.17) is 4.42 Å². The molecular formula is C41H28O. The van der Waals surface area contributed by atoms with Gasteiger partial charge in [0, 0.05) is 16.2 Å². The van der Waals surface area contributed by atoms with Crippen LogP contribution in [0.5, 0.6) is 0 Å². The van der Waals surface area contributed by atoms with Crippen molar-refractivity contribution in [1.82, 2.24) is 0 Å². The number of fused-ring (bicyclic) bond motifs is 5. The zero-order chi connectivity index (χ0) is 28.0. The lowest BCUT2D eigenvalue weighted by molar-refractivity contribution is 0.672. The molecule has 8 rings (SSSR count). The van der Waals surface area contributed by atoms with Gasteiger partial charge in [-0.3, -0.25) is 0 Å². The molecule has 0 unspecified atom stereocenters. The third-order valence-corrected chi connectivity index (χ3v) is 8.39. The van der Waals surface area contributed by atoms with E-state index in [2.05, 4.69) is 159 Å². The molecule has 1 heteroatoms. The quantitative estimate of drug-likeness (QED) is 0.218. The normalized spacial score (nSPS) is 11.5. The maximum Gasteiger partial charge on any atom is 0.143 e. The second-order valence-corrected chi connectivity index (χ2v) is 11.0. The number of hydrogen-bond acceptors (Lipinski definition) is 1. The maximum atomic E-state index is 6.49. The Bertz CT molecular complexity index is 2240. The van der Waals surface area contributed by atoms with E-state index < -0.39 is 0 Å². The summed E-state index contributed by atoms with van der Waals surface area (Å²) in [7, 11) is 0. The highest BCUT2D eigenvalue weighted by molar-refractivity contribution is 6.20. The van der Waals surface area contributed by atoms with E-state index in [0.717, 1.165) is 21.9 Å². The Morgan fingerprint density at radius 1 is 0.381 bits per heavy atom. The van der Waals surface area contributed by atoms with Crippen LogP contribution in [0, 0.1) is 6.92 Å². The van der Waals surface area contributed by atoms with Gasteiger partial charge in [0.05, 0.1) is 0 Å². The second-order valence-electron chi connectivity index (χ2n) is 11.0. The molecule has 0 atom stereocenters. The highest BCUT2D eigenvalue weighted by Crippen LogP contribution is 2.43. The summed E-state index contributed by atoms with van der Waals surface area (Å²) in [5.74, 6) is 0. The van der Waals surface area contributed by atoms with Crippen LogP contribution < -0.4 is 0 Å². The molecule has 0 saturated carbocycles. The number of aryl methyl sites for hydroxylation is 1. The number of rotatable bonds is 4. The molecule has 0 radical (unpaired) electrons. The van der Waals surface area contributed by atoms with Crippen molar-refractivity contribution in [2.24, 2.45) is 0 Å². The fraction of sp³-hybridized carbons (Fsp3) is 0.0244. The summed E-state index contributed by atoms with van der Waals surface area (Å²) in [6.07, 6.45) is 0. The predicted molar refractivity (Wildman–Crippen MR) is 178 cm³/mol. The lowest BCUT2D eigenvalue weighted by Crippen LogP contribution is -1.90. The van der Waals surface area contributed by atoms with Crippen molar-refractivity contribution in [2.45, 2.75) is 6.92 Å². The Kier molecular flexibility index (Phi) is 5.75. The molecule has 42 heavy (non-hydrogen) atoms. The van der Waals surface area contributed by atoms with Gasteiger partial charge >= 0.3 is 0 Å². The maximum absolute atomic E-state index is 6.49. The summed E-state index contributed by atoms with van der Waals surface area (Å²) < 4.78 is 6.49. The molecule has 0 aliphatic carbocycles. The van der Waals surface area contributed by atoms with Crippen LogP contribution >= 0.6 is 0 Å². The highest BCUT2D eigenvalue weighted by Gasteiger charge is 2.18. The van der Waals surface area contributed by atoms with Gasteiger partial charge in [-0.2, -0.15) is 0 Å². The van der Waals surface area contributed by atoms with Gasteiger partial charge in [0.1, 0.15) is 11.2 Å². The summed E-state index contributed by atoms with van der Waals surface area (Å²) >= 11 is 0. The van der Waals surface area contributed by atoms with Gasteiger partial charge in [0.2, 0.25) is 0 Å². The van der Waals surface area contributed by atoms with E-state index in [1.54, 1.807) is 0 Å². The molecule has 0 spiro atoms. The van der Waals surface area contributed by atoms with Gasteiger partial charge in [-0.15, -0.1) is 0 Å². The van der Waals surface area contributed by atoms with E-state index in [-0.39, 0.29) is 0 Å². The van der Waals surface area contributed by atoms with Crippen molar-refractivity contribution in [3.8, 4) is 44.5 Å². The topological polar surface area (TPSA) is 13.1 Å². The van der Waals surface area contributed by atoms with E-state index >= 15 is 0 Å². The zero-order valence-electron chi connectivity index (χ0n) is 23.3. The minimum absolute atomic E-state index is 0.933. The van der Waals surface area contributed by atoms with Gasteiger partial charge in [-0.25, -0.2) is 0 Å². The fourth-order valence-electron chi connectivity index (χ4n) is 6.40. The molecule has 0 saturated heterocycles. The summed E-state index contributed by atoms with van der Waals surface area (Å²) in [5.41, 5.74) is 12.8. The van der Waals surface area contributed by atoms with Crippen LogP contribution in [-0.2, 0) is 0 Å². The first-order chi connectivity index (χ1) is 20.7. The van der Waals surface area contributed by atoms with Crippen molar-refractivity contribution in [3.05, 3.63) is 157 Å². The fourth-order valence-corrected chi connectivity index (χ4v) is 6.40. The van der Waals surface area contributed by atoms with Crippen LogP contribution in [0.25, 0.3) is 77.2 Å². The van der Waals surface area contributed by atoms with E-state index in [9.17, 15) is 0 Å². The predicted octanol–water partition coefficient (Wildman–Crippen LogP) is 11.7. The van der Waals surface area contributed by atoms with E-state index in [1.165, 1.54) is 60.8 Å². The number of furan rings is 1. The van der Waals surface area contributed by atoms with Crippen molar-refractivity contribution in [3.63, 3.8) is 0 Å². The minimum Gasteiger partial charge on any atom is -0.455 e. The van der Waals surface area contributed by atoms with Gasteiger partial charge in [-0.05, 0) is 92.7 Å². The van der Waals surface area contributed by atoms with Gasteiger partial charge < -0.3 is 4.42 Å². The SMILES string of the molecule is Cc1cccc2oc3c4ccccc4c(-c4cc(-c5ccccc5)cc(-c5ccccc5-c5ccccc5)c4)cc3c12. The van der Waals surface area contributed by atoms with Gasteiger partial charge in [0.25, 0.3) is 0 Å². The Morgan fingerprint density at radius 2 is 0.952 bits per heavy atom. The first kappa shape index (κ1) is 24.4. The first-order valence-electron chi connectivity index (χ1n) is 14.4. The average Bonchev–Trinajstić information content (AvgIpc) is 3.45.